The molecule has 22 heavy (non-hydrogen) atoms. The lowest BCUT2D eigenvalue weighted by molar-refractivity contribution is 0.305. The highest BCUT2D eigenvalue weighted by molar-refractivity contribution is 9.10. The lowest BCUT2D eigenvalue weighted by Crippen LogP contribution is -2.09. The third-order valence-corrected chi connectivity index (χ3v) is 3.61. The van der Waals surface area contributed by atoms with Gasteiger partial charge >= 0.3 is 0 Å². The van der Waals surface area contributed by atoms with Gasteiger partial charge in [-0.25, -0.2) is 0 Å². The molecule has 0 fully saturated rings. The van der Waals surface area contributed by atoms with E-state index in [1.54, 1.807) is 6.08 Å². The van der Waals surface area contributed by atoms with Crippen LogP contribution in [-0.4, -0.2) is 4.99 Å². The van der Waals surface area contributed by atoms with E-state index >= 15 is 0 Å². The van der Waals surface area contributed by atoms with Gasteiger partial charge < -0.3 is 10.5 Å². The Balaban J connectivity index is 2.28. The Hall–Kier alpha value is -2.16. The largest absolute Gasteiger partial charge is 0.488 e. The van der Waals surface area contributed by atoms with Crippen molar-refractivity contribution in [2.24, 2.45) is 5.73 Å². The van der Waals surface area contributed by atoms with Crippen molar-refractivity contribution < 1.29 is 4.74 Å². The number of nitrogens with zero attached hydrogens (tertiary/aromatic N) is 1. The number of ether oxygens (including phenoxy) is 1. The summed E-state index contributed by atoms with van der Waals surface area (Å²) in [5, 5.41) is 9.09. The molecule has 0 saturated carbocycles. The quantitative estimate of drug-likeness (QED) is 0.484. The van der Waals surface area contributed by atoms with Crippen molar-refractivity contribution in [2.75, 3.05) is 0 Å². The third kappa shape index (κ3) is 4.42. The van der Waals surface area contributed by atoms with Gasteiger partial charge in [0.1, 0.15) is 23.4 Å². The minimum absolute atomic E-state index is 0.0662. The second-order valence-electron chi connectivity index (χ2n) is 4.49. The normalized spacial score (nSPS) is 10.8. The summed E-state index contributed by atoms with van der Waals surface area (Å²) in [5.74, 6) is 0.663. The van der Waals surface area contributed by atoms with E-state index in [1.807, 2.05) is 54.6 Å². The summed E-state index contributed by atoms with van der Waals surface area (Å²) >= 11 is 8.28. The molecule has 0 spiro atoms. The van der Waals surface area contributed by atoms with Crippen molar-refractivity contribution in [2.45, 2.75) is 6.61 Å². The first-order valence-electron chi connectivity index (χ1n) is 6.48. The number of nitriles is 1. The molecule has 110 valence electrons. The molecule has 2 N–H and O–H groups in total. The van der Waals surface area contributed by atoms with E-state index in [-0.39, 0.29) is 10.6 Å². The summed E-state index contributed by atoms with van der Waals surface area (Å²) in [4.78, 5) is 0.0662. The molecule has 2 rings (SSSR count). The first-order valence-corrected chi connectivity index (χ1v) is 7.68. The van der Waals surface area contributed by atoms with E-state index in [0.717, 1.165) is 15.6 Å². The van der Waals surface area contributed by atoms with Crippen molar-refractivity contribution in [1.29, 1.82) is 5.26 Å². The zero-order valence-electron chi connectivity index (χ0n) is 11.6. The predicted molar refractivity (Wildman–Crippen MR) is 95.3 cm³/mol. The second kappa shape index (κ2) is 7.74. The Morgan fingerprint density at radius 2 is 2.00 bits per heavy atom. The van der Waals surface area contributed by atoms with Gasteiger partial charge in [0.05, 0.1) is 5.57 Å². The summed E-state index contributed by atoms with van der Waals surface area (Å²) in [5.41, 5.74) is 7.59. The number of hydrogen-bond acceptors (Lipinski definition) is 3. The summed E-state index contributed by atoms with van der Waals surface area (Å²) < 4.78 is 6.72. The van der Waals surface area contributed by atoms with Crippen LogP contribution in [0.4, 0.5) is 0 Å². The van der Waals surface area contributed by atoms with Crippen LogP contribution in [0.3, 0.4) is 0 Å². The molecule has 0 aromatic heterocycles. The molecule has 0 heterocycles. The first-order chi connectivity index (χ1) is 10.6. The number of hydrogen-bond donors (Lipinski definition) is 1. The summed E-state index contributed by atoms with van der Waals surface area (Å²) in [6, 6.07) is 17.4. The van der Waals surface area contributed by atoms with E-state index in [1.165, 1.54) is 0 Å². The maximum atomic E-state index is 9.09. The Morgan fingerprint density at radius 1 is 1.27 bits per heavy atom. The molecule has 3 nitrogen and oxygen atoms in total. The van der Waals surface area contributed by atoms with E-state index in [0.29, 0.717) is 12.4 Å². The van der Waals surface area contributed by atoms with Gasteiger partial charge in [0.25, 0.3) is 0 Å². The summed E-state index contributed by atoms with van der Waals surface area (Å²) in [7, 11) is 0. The fourth-order valence-electron chi connectivity index (χ4n) is 1.81. The molecule has 2 aromatic rings. The van der Waals surface area contributed by atoms with Gasteiger partial charge in [-0.3, -0.25) is 0 Å². The van der Waals surface area contributed by atoms with Crippen LogP contribution in [0.25, 0.3) is 6.08 Å². The van der Waals surface area contributed by atoms with E-state index in [2.05, 4.69) is 15.9 Å². The number of thiocarbonyl (C=S) groups is 1. The maximum Gasteiger partial charge on any atom is 0.127 e. The van der Waals surface area contributed by atoms with Crippen LogP contribution in [0.15, 0.2) is 58.6 Å². The number of rotatable bonds is 5. The number of nitrogens with two attached hydrogens (primary N) is 1. The molecule has 0 unspecified atom stereocenters. The van der Waals surface area contributed by atoms with Crippen molar-refractivity contribution in [1.82, 2.24) is 0 Å². The van der Waals surface area contributed by atoms with Crippen molar-refractivity contribution >= 4 is 39.2 Å². The zero-order valence-corrected chi connectivity index (χ0v) is 14.0. The monoisotopic (exact) mass is 372 g/mol. The Labute approximate surface area is 143 Å². The van der Waals surface area contributed by atoms with Crippen molar-refractivity contribution in [3.63, 3.8) is 0 Å². The number of halogens is 1. The van der Waals surface area contributed by atoms with Crippen LogP contribution in [0.5, 0.6) is 5.75 Å². The minimum Gasteiger partial charge on any atom is -0.488 e. The van der Waals surface area contributed by atoms with Crippen LogP contribution >= 0.6 is 28.1 Å². The molecular weight excluding hydrogens is 360 g/mol. The van der Waals surface area contributed by atoms with Gasteiger partial charge in [-0.1, -0.05) is 58.5 Å². The highest BCUT2D eigenvalue weighted by Crippen LogP contribution is 2.26. The zero-order chi connectivity index (χ0) is 15.9. The molecule has 0 saturated heterocycles. The van der Waals surface area contributed by atoms with Crippen LogP contribution in [0.1, 0.15) is 11.1 Å². The molecular formula is C17H13BrN2OS. The highest BCUT2D eigenvalue weighted by atomic mass is 79.9. The Kier molecular flexibility index (Phi) is 5.70. The maximum absolute atomic E-state index is 9.09. The van der Waals surface area contributed by atoms with Crippen LogP contribution in [-0.2, 0) is 6.61 Å². The molecule has 5 heteroatoms. The van der Waals surface area contributed by atoms with Crippen LogP contribution < -0.4 is 10.5 Å². The molecule has 0 radical (unpaired) electrons. The number of benzene rings is 2. The standard InChI is InChI=1S/C17H13BrN2OS/c18-15-6-7-16(21-11-12-4-2-1-3-5-12)13(9-15)8-14(10-19)17(20)22/h1-9H,11H2,(H2,20,22)/b14-8-. The smallest absolute Gasteiger partial charge is 0.127 e. The summed E-state index contributed by atoms with van der Waals surface area (Å²) in [6.45, 7) is 0.443. The molecule has 0 amide bonds. The van der Waals surface area contributed by atoms with Gasteiger partial charge in [0, 0.05) is 10.0 Å². The van der Waals surface area contributed by atoms with Crippen molar-refractivity contribution in [3.8, 4) is 11.8 Å². The third-order valence-electron chi connectivity index (χ3n) is 2.89. The Morgan fingerprint density at radius 3 is 2.64 bits per heavy atom. The van der Waals surface area contributed by atoms with Gasteiger partial charge in [-0.15, -0.1) is 0 Å². The highest BCUT2D eigenvalue weighted by Gasteiger charge is 2.07. The minimum atomic E-state index is 0.0662. The van der Waals surface area contributed by atoms with Crippen LogP contribution in [0, 0.1) is 11.3 Å². The SMILES string of the molecule is N#C/C(=C/c1cc(Br)ccc1OCc1ccccc1)C(N)=S. The Bertz CT molecular complexity index is 751. The topological polar surface area (TPSA) is 59.0 Å². The van der Waals surface area contributed by atoms with Gasteiger partial charge in [-0.2, -0.15) is 5.26 Å². The second-order valence-corrected chi connectivity index (χ2v) is 5.85. The molecule has 0 aliphatic heterocycles. The summed E-state index contributed by atoms with van der Waals surface area (Å²) in [6.07, 6.45) is 1.63. The lowest BCUT2D eigenvalue weighted by atomic mass is 10.1. The molecule has 2 aromatic carbocycles. The fourth-order valence-corrected chi connectivity index (χ4v) is 2.30. The molecule has 0 atom stereocenters. The van der Waals surface area contributed by atoms with E-state index < -0.39 is 0 Å². The fraction of sp³-hybridized carbons (Fsp3) is 0.0588. The molecule has 0 bridgehead atoms. The lowest BCUT2D eigenvalue weighted by Gasteiger charge is -2.10. The van der Waals surface area contributed by atoms with Gasteiger partial charge in [0.15, 0.2) is 0 Å². The molecule has 0 aliphatic rings. The van der Waals surface area contributed by atoms with Gasteiger partial charge in [-0.05, 0) is 29.8 Å². The predicted octanol–water partition coefficient (Wildman–Crippen LogP) is 4.22. The first kappa shape index (κ1) is 16.2. The average molecular weight is 373 g/mol. The van der Waals surface area contributed by atoms with E-state index in [4.69, 9.17) is 28.0 Å². The van der Waals surface area contributed by atoms with E-state index in [9.17, 15) is 0 Å². The van der Waals surface area contributed by atoms with Crippen molar-refractivity contribution in [3.05, 3.63) is 69.7 Å². The molecule has 0 aliphatic carbocycles. The van der Waals surface area contributed by atoms with Gasteiger partial charge in [0.2, 0.25) is 0 Å². The average Bonchev–Trinajstić information content (AvgIpc) is 2.52. The van der Waals surface area contributed by atoms with Crippen LogP contribution in [0.2, 0.25) is 0 Å².